The number of nitrogens with one attached hydrogen (secondary N) is 1. The van der Waals surface area contributed by atoms with Crippen LogP contribution >= 0.6 is 27.3 Å². The maximum atomic E-state index is 5.73. The van der Waals surface area contributed by atoms with Gasteiger partial charge in [-0.3, -0.25) is 0 Å². The third-order valence-electron chi connectivity index (χ3n) is 3.75. The second-order valence-electron chi connectivity index (χ2n) is 5.20. The van der Waals surface area contributed by atoms with E-state index >= 15 is 0 Å². The van der Waals surface area contributed by atoms with Crippen molar-refractivity contribution in [3.63, 3.8) is 0 Å². The lowest BCUT2D eigenvalue weighted by Crippen LogP contribution is -2.26. The number of thiophene rings is 1. The molecule has 0 amide bonds. The first-order valence-electron chi connectivity index (χ1n) is 6.85. The molecule has 0 spiro atoms. The van der Waals surface area contributed by atoms with Crippen LogP contribution in [0.4, 0.5) is 0 Å². The second-order valence-corrected chi connectivity index (χ2v) is 7.46. The van der Waals surface area contributed by atoms with E-state index in [0.717, 1.165) is 29.8 Å². The van der Waals surface area contributed by atoms with Crippen LogP contribution < -0.4 is 10.1 Å². The zero-order valence-corrected chi connectivity index (χ0v) is 14.1. The Morgan fingerprint density at radius 3 is 2.95 bits per heavy atom. The maximum absolute atomic E-state index is 5.73. The molecule has 1 aliphatic heterocycles. The van der Waals surface area contributed by atoms with Crippen LogP contribution in [-0.4, -0.2) is 6.61 Å². The summed E-state index contributed by atoms with van der Waals surface area (Å²) in [4.78, 5) is 2.82. The van der Waals surface area contributed by atoms with E-state index in [1.165, 1.54) is 20.9 Å². The molecule has 0 saturated carbocycles. The summed E-state index contributed by atoms with van der Waals surface area (Å²) in [6, 6.07) is 8.91. The van der Waals surface area contributed by atoms with Crippen LogP contribution in [0.25, 0.3) is 0 Å². The molecular formula is C16H18BrNOS. The van der Waals surface area contributed by atoms with Crippen molar-refractivity contribution in [1.82, 2.24) is 5.32 Å². The molecule has 1 aliphatic rings. The van der Waals surface area contributed by atoms with Crippen LogP contribution in [0.15, 0.2) is 28.7 Å². The van der Waals surface area contributed by atoms with Crippen molar-refractivity contribution in [1.29, 1.82) is 0 Å². The average Bonchev–Trinajstić information content (AvgIpc) is 2.75. The van der Waals surface area contributed by atoms with Gasteiger partial charge < -0.3 is 10.1 Å². The van der Waals surface area contributed by atoms with Gasteiger partial charge in [0.15, 0.2) is 0 Å². The smallest absolute Gasteiger partial charge is 0.124 e. The zero-order valence-electron chi connectivity index (χ0n) is 11.7. The van der Waals surface area contributed by atoms with E-state index < -0.39 is 0 Å². The van der Waals surface area contributed by atoms with E-state index in [2.05, 4.69) is 47.2 Å². The largest absolute Gasteiger partial charge is 0.493 e. The van der Waals surface area contributed by atoms with Gasteiger partial charge in [0.25, 0.3) is 0 Å². The van der Waals surface area contributed by atoms with Crippen molar-refractivity contribution >= 4 is 27.3 Å². The monoisotopic (exact) mass is 351 g/mol. The molecule has 4 heteroatoms. The number of aryl methyl sites for hydroxylation is 2. The van der Waals surface area contributed by atoms with Crippen LogP contribution in [0.3, 0.4) is 0 Å². The van der Waals surface area contributed by atoms with Crippen LogP contribution in [0, 0.1) is 13.8 Å². The number of hydrogen-bond acceptors (Lipinski definition) is 3. The Morgan fingerprint density at radius 2 is 2.20 bits per heavy atom. The van der Waals surface area contributed by atoms with Gasteiger partial charge in [0.2, 0.25) is 0 Å². The molecule has 2 aromatic rings. The van der Waals surface area contributed by atoms with Gasteiger partial charge in [-0.15, -0.1) is 11.3 Å². The third kappa shape index (κ3) is 2.92. The molecule has 1 aromatic heterocycles. The fraction of sp³-hybridized carbons (Fsp3) is 0.375. The molecule has 0 radical (unpaired) electrons. The van der Waals surface area contributed by atoms with E-state index in [1.807, 2.05) is 23.5 Å². The van der Waals surface area contributed by atoms with Gasteiger partial charge in [-0.1, -0.05) is 15.9 Å². The summed E-state index contributed by atoms with van der Waals surface area (Å²) in [5.41, 5.74) is 2.65. The van der Waals surface area contributed by atoms with E-state index in [-0.39, 0.29) is 0 Å². The van der Waals surface area contributed by atoms with Crippen molar-refractivity contribution in [2.45, 2.75) is 32.9 Å². The van der Waals surface area contributed by atoms with Crippen LogP contribution in [0.2, 0.25) is 0 Å². The Balaban J connectivity index is 1.74. The Morgan fingerprint density at radius 1 is 1.35 bits per heavy atom. The first-order chi connectivity index (χ1) is 9.63. The quantitative estimate of drug-likeness (QED) is 0.861. The van der Waals surface area contributed by atoms with Crippen molar-refractivity contribution in [3.8, 4) is 5.75 Å². The Hall–Kier alpha value is -0.840. The Bertz CT molecular complexity index is 603. The highest BCUT2D eigenvalue weighted by molar-refractivity contribution is 9.10. The molecule has 0 bridgehead atoms. The van der Waals surface area contributed by atoms with E-state index in [4.69, 9.17) is 4.74 Å². The summed E-state index contributed by atoms with van der Waals surface area (Å²) in [7, 11) is 0. The molecule has 0 aliphatic carbocycles. The van der Waals surface area contributed by atoms with Crippen molar-refractivity contribution < 1.29 is 4.74 Å². The van der Waals surface area contributed by atoms with Gasteiger partial charge in [0, 0.05) is 38.8 Å². The molecule has 1 atom stereocenters. The number of fused-ring (bicyclic) bond motifs is 1. The molecule has 0 fully saturated rings. The highest BCUT2D eigenvalue weighted by atomic mass is 79.9. The zero-order chi connectivity index (χ0) is 14.1. The molecule has 1 unspecified atom stereocenters. The molecule has 20 heavy (non-hydrogen) atoms. The molecule has 1 aromatic carbocycles. The Labute approximate surface area is 132 Å². The summed E-state index contributed by atoms with van der Waals surface area (Å²) in [5, 5.41) is 3.67. The lowest BCUT2D eigenvalue weighted by Gasteiger charge is -2.27. The van der Waals surface area contributed by atoms with Crippen LogP contribution in [0.5, 0.6) is 5.75 Å². The fourth-order valence-corrected chi connectivity index (χ4v) is 3.92. The average molecular weight is 352 g/mol. The number of hydrogen-bond donors (Lipinski definition) is 1. The number of benzene rings is 1. The Kier molecular flexibility index (Phi) is 4.15. The minimum absolute atomic E-state index is 0.374. The summed E-state index contributed by atoms with van der Waals surface area (Å²) < 4.78 is 6.83. The summed E-state index contributed by atoms with van der Waals surface area (Å²) in [5.74, 6) is 1.01. The molecule has 3 rings (SSSR count). The molecule has 1 N–H and O–H groups in total. The standard InChI is InChI=1S/C16H18BrNOS/c1-10-7-13(20-11(10)2)9-18-15-5-6-19-16-4-3-12(17)8-14(15)16/h3-4,7-8,15,18H,5-6,9H2,1-2H3. The molecule has 0 saturated heterocycles. The van der Waals surface area contributed by atoms with Gasteiger partial charge in [0.1, 0.15) is 5.75 Å². The molecule has 2 heterocycles. The van der Waals surface area contributed by atoms with Gasteiger partial charge >= 0.3 is 0 Å². The van der Waals surface area contributed by atoms with E-state index in [1.54, 1.807) is 0 Å². The molecule has 106 valence electrons. The first-order valence-corrected chi connectivity index (χ1v) is 8.46. The van der Waals surface area contributed by atoms with Gasteiger partial charge in [-0.25, -0.2) is 0 Å². The fourth-order valence-electron chi connectivity index (χ4n) is 2.54. The van der Waals surface area contributed by atoms with E-state index in [0.29, 0.717) is 6.04 Å². The molecular weight excluding hydrogens is 334 g/mol. The number of halogens is 1. The first kappa shape index (κ1) is 14.1. The molecule has 2 nitrogen and oxygen atoms in total. The van der Waals surface area contributed by atoms with Crippen molar-refractivity contribution in [3.05, 3.63) is 49.6 Å². The lowest BCUT2D eigenvalue weighted by atomic mass is 10.0. The van der Waals surface area contributed by atoms with E-state index in [9.17, 15) is 0 Å². The SMILES string of the molecule is Cc1cc(CNC2CCOc3ccc(Br)cc32)sc1C. The second kappa shape index (κ2) is 5.88. The normalized spacial score (nSPS) is 17.6. The highest BCUT2D eigenvalue weighted by Crippen LogP contribution is 2.34. The number of ether oxygens (including phenoxy) is 1. The topological polar surface area (TPSA) is 21.3 Å². The van der Waals surface area contributed by atoms with Crippen molar-refractivity contribution in [2.24, 2.45) is 0 Å². The van der Waals surface area contributed by atoms with Crippen molar-refractivity contribution in [2.75, 3.05) is 6.61 Å². The van der Waals surface area contributed by atoms with Gasteiger partial charge in [-0.05, 0) is 43.7 Å². The minimum Gasteiger partial charge on any atom is -0.493 e. The predicted octanol–water partition coefficient (Wildman–Crippen LogP) is 4.74. The minimum atomic E-state index is 0.374. The maximum Gasteiger partial charge on any atom is 0.124 e. The van der Waals surface area contributed by atoms with Gasteiger partial charge in [-0.2, -0.15) is 0 Å². The van der Waals surface area contributed by atoms with Crippen LogP contribution in [-0.2, 0) is 6.54 Å². The third-order valence-corrected chi connectivity index (χ3v) is 5.40. The highest BCUT2D eigenvalue weighted by Gasteiger charge is 2.21. The number of rotatable bonds is 3. The summed E-state index contributed by atoms with van der Waals surface area (Å²) in [6.07, 6.45) is 1.02. The lowest BCUT2D eigenvalue weighted by molar-refractivity contribution is 0.252. The van der Waals surface area contributed by atoms with Gasteiger partial charge in [0.05, 0.1) is 6.61 Å². The summed E-state index contributed by atoms with van der Waals surface area (Å²) in [6.45, 7) is 6.07. The summed E-state index contributed by atoms with van der Waals surface area (Å²) >= 11 is 5.43. The van der Waals surface area contributed by atoms with Crippen LogP contribution in [0.1, 0.15) is 33.3 Å². The predicted molar refractivity (Wildman–Crippen MR) is 87.6 cm³/mol.